The number of nitrogens with zero attached hydrogens (tertiary/aromatic N) is 2. The first-order chi connectivity index (χ1) is 13.5. The Labute approximate surface area is 170 Å². The largest absolute Gasteiger partial charge is 0.482 e. The third kappa shape index (κ3) is 4.07. The van der Waals surface area contributed by atoms with Crippen LogP contribution in [0.3, 0.4) is 0 Å². The first-order valence-electron chi connectivity index (χ1n) is 11.3. The quantitative estimate of drug-likeness (QED) is 0.678. The van der Waals surface area contributed by atoms with Gasteiger partial charge in [-0.25, -0.2) is 0 Å². The van der Waals surface area contributed by atoms with Gasteiger partial charge in [0.1, 0.15) is 5.75 Å². The number of piperidine rings is 1. The van der Waals surface area contributed by atoms with Crippen molar-refractivity contribution in [1.82, 2.24) is 4.90 Å². The molecule has 0 aromatic heterocycles. The van der Waals surface area contributed by atoms with Gasteiger partial charge in [-0.15, -0.1) is 0 Å². The van der Waals surface area contributed by atoms with Gasteiger partial charge in [0.05, 0.1) is 5.69 Å². The Kier molecular flexibility index (Phi) is 5.96. The van der Waals surface area contributed by atoms with Crippen molar-refractivity contribution in [1.29, 1.82) is 0 Å². The molecule has 0 radical (unpaired) electrons. The molecule has 4 rings (SSSR count). The van der Waals surface area contributed by atoms with Crippen molar-refractivity contribution < 1.29 is 9.53 Å². The number of hydrogen-bond acceptors (Lipinski definition) is 3. The summed E-state index contributed by atoms with van der Waals surface area (Å²) < 4.78 is 5.64. The van der Waals surface area contributed by atoms with Crippen molar-refractivity contribution in [3.05, 3.63) is 23.8 Å². The Morgan fingerprint density at radius 3 is 2.64 bits per heavy atom. The van der Waals surface area contributed by atoms with Crippen LogP contribution in [-0.2, 0) is 4.79 Å². The standard InChI is InChI=1S/C24H36N2O2/c1-4-5-6-19-12-20-8-9-21(13-19)25(20)14-18(3)15-26-22-11-17(2)7-10-23(22)28-16-24(26)27/h7,10-11,18-21H,4-6,8-9,12-16H2,1-3H3/t18-,19?,20?,21?/m1/s1. The zero-order valence-corrected chi connectivity index (χ0v) is 17.8. The van der Waals surface area contributed by atoms with Crippen molar-refractivity contribution in [2.75, 3.05) is 24.6 Å². The van der Waals surface area contributed by atoms with Crippen LogP contribution < -0.4 is 9.64 Å². The molecule has 2 saturated heterocycles. The highest BCUT2D eigenvalue weighted by Crippen LogP contribution is 2.41. The molecule has 1 aromatic rings. The maximum Gasteiger partial charge on any atom is 0.265 e. The summed E-state index contributed by atoms with van der Waals surface area (Å²) in [4.78, 5) is 17.3. The zero-order valence-electron chi connectivity index (χ0n) is 17.8. The van der Waals surface area contributed by atoms with Crippen LogP contribution >= 0.6 is 0 Å². The monoisotopic (exact) mass is 384 g/mol. The number of fused-ring (bicyclic) bond motifs is 3. The highest BCUT2D eigenvalue weighted by Gasteiger charge is 2.41. The third-order valence-corrected chi connectivity index (χ3v) is 7.02. The maximum absolute atomic E-state index is 12.6. The molecule has 0 aliphatic carbocycles. The Bertz CT molecular complexity index is 690. The lowest BCUT2D eigenvalue weighted by atomic mass is 9.86. The molecule has 28 heavy (non-hydrogen) atoms. The van der Waals surface area contributed by atoms with Gasteiger partial charge in [-0.1, -0.05) is 39.2 Å². The van der Waals surface area contributed by atoms with E-state index in [1.807, 2.05) is 11.0 Å². The lowest BCUT2D eigenvalue weighted by Crippen LogP contribution is -2.48. The summed E-state index contributed by atoms with van der Waals surface area (Å²) in [6.07, 6.45) is 9.66. The Balaban J connectivity index is 1.38. The predicted octanol–water partition coefficient (Wildman–Crippen LogP) is 4.79. The number of amides is 1. The highest BCUT2D eigenvalue weighted by molar-refractivity contribution is 5.97. The summed E-state index contributed by atoms with van der Waals surface area (Å²) >= 11 is 0. The van der Waals surface area contributed by atoms with Gasteiger partial charge in [0.25, 0.3) is 5.91 Å². The summed E-state index contributed by atoms with van der Waals surface area (Å²) in [5.41, 5.74) is 2.12. The van der Waals surface area contributed by atoms with Crippen LogP contribution in [0.1, 0.15) is 64.4 Å². The number of ether oxygens (including phenoxy) is 1. The van der Waals surface area contributed by atoms with Gasteiger partial charge in [-0.3, -0.25) is 9.69 Å². The number of aryl methyl sites for hydroxylation is 1. The second kappa shape index (κ2) is 8.44. The molecule has 0 N–H and O–H groups in total. The van der Waals surface area contributed by atoms with Crippen molar-refractivity contribution in [2.24, 2.45) is 11.8 Å². The Hall–Kier alpha value is -1.55. The molecule has 3 aliphatic rings. The van der Waals surface area contributed by atoms with E-state index in [0.29, 0.717) is 5.92 Å². The molecule has 1 aromatic carbocycles. The predicted molar refractivity (Wildman–Crippen MR) is 114 cm³/mol. The number of hydrogen-bond donors (Lipinski definition) is 0. The summed E-state index contributed by atoms with van der Waals surface area (Å²) in [5.74, 6) is 2.34. The number of unbranched alkanes of at least 4 members (excludes halogenated alkanes) is 1. The van der Waals surface area contributed by atoms with Crippen molar-refractivity contribution in [3.8, 4) is 5.75 Å². The number of rotatable bonds is 7. The van der Waals surface area contributed by atoms with Crippen LogP contribution in [0.15, 0.2) is 18.2 Å². The smallest absolute Gasteiger partial charge is 0.265 e. The van der Waals surface area contributed by atoms with Crippen LogP contribution in [0.5, 0.6) is 5.75 Å². The summed E-state index contributed by atoms with van der Waals surface area (Å²) in [6, 6.07) is 7.69. The van der Waals surface area contributed by atoms with Crippen molar-refractivity contribution >= 4 is 11.6 Å². The van der Waals surface area contributed by atoms with Gasteiger partial charge < -0.3 is 9.64 Å². The SMILES string of the molecule is CCCCC1CC2CCC(C1)N2C[C@@H](C)CN1C(=O)COc2ccc(C)cc21. The number of benzene rings is 1. The van der Waals surface area contributed by atoms with Gasteiger partial charge >= 0.3 is 0 Å². The Morgan fingerprint density at radius 1 is 1.18 bits per heavy atom. The van der Waals surface area contributed by atoms with E-state index in [-0.39, 0.29) is 12.5 Å². The summed E-state index contributed by atoms with van der Waals surface area (Å²) in [6.45, 7) is 8.74. The van der Waals surface area contributed by atoms with E-state index in [0.717, 1.165) is 42.5 Å². The van der Waals surface area contributed by atoms with Crippen LogP contribution in [0, 0.1) is 18.8 Å². The zero-order chi connectivity index (χ0) is 19.7. The molecule has 4 heteroatoms. The normalized spacial score (nSPS) is 28.2. The van der Waals surface area contributed by atoms with E-state index in [2.05, 4.69) is 37.8 Å². The van der Waals surface area contributed by atoms with E-state index >= 15 is 0 Å². The van der Waals surface area contributed by atoms with Gasteiger partial charge in [0, 0.05) is 25.2 Å². The molecule has 0 spiro atoms. The first kappa shape index (κ1) is 19.8. The van der Waals surface area contributed by atoms with Gasteiger partial charge in [-0.2, -0.15) is 0 Å². The molecule has 4 nitrogen and oxygen atoms in total. The van der Waals surface area contributed by atoms with Crippen LogP contribution in [-0.4, -0.2) is 42.6 Å². The molecule has 3 heterocycles. The average Bonchev–Trinajstić information content (AvgIpc) is 2.90. The molecular weight excluding hydrogens is 348 g/mol. The summed E-state index contributed by atoms with van der Waals surface area (Å²) in [7, 11) is 0. The van der Waals surface area contributed by atoms with Gasteiger partial charge in [0.15, 0.2) is 6.61 Å². The molecule has 0 saturated carbocycles. The van der Waals surface area contributed by atoms with E-state index in [1.54, 1.807) is 0 Å². The van der Waals surface area contributed by atoms with Gasteiger partial charge in [-0.05, 0) is 62.1 Å². The Morgan fingerprint density at radius 2 is 1.93 bits per heavy atom. The molecule has 2 unspecified atom stereocenters. The average molecular weight is 385 g/mol. The summed E-state index contributed by atoms with van der Waals surface area (Å²) in [5, 5.41) is 0. The highest BCUT2D eigenvalue weighted by atomic mass is 16.5. The first-order valence-corrected chi connectivity index (χ1v) is 11.3. The second-order valence-electron chi connectivity index (χ2n) is 9.43. The van der Waals surface area contributed by atoms with Crippen LogP contribution in [0.2, 0.25) is 0 Å². The second-order valence-corrected chi connectivity index (χ2v) is 9.43. The van der Waals surface area contributed by atoms with Crippen molar-refractivity contribution in [2.45, 2.75) is 77.8 Å². The number of anilines is 1. The molecule has 3 atom stereocenters. The maximum atomic E-state index is 12.6. The fourth-order valence-electron chi connectivity index (χ4n) is 5.66. The van der Waals surface area contributed by atoms with E-state index < -0.39 is 0 Å². The minimum Gasteiger partial charge on any atom is -0.482 e. The van der Waals surface area contributed by atoms with Crippen LogP contribution in [0.25, 0.3) is 0 Å². The van der Waals surface area contributed by atoms with Crippen LogP contribution in [0.4, 0.5) is 5.69 Å². The third-order valence-electron chi connectivity index (χ3n) is 7.02. The minimum absolute atomic E-state index is 0.0891. The fourth-order valence-corrected chi connectivity index (χ4v) is 5.66. The lowest BCUT2D eigenvalue weighted by molar-refractivity contribution is -0.121. The molecular formula is C24H36N2O2. The fraction of sp³-hybridized carbons (Fsp3) is 0.708. The van der Waals surface area contributed by atoms with E-state index in [9.17, 15) is 4.79 Å². The van der Waals surface area contributed by atoms with E-state index in [1.165, 1.54) is 50.5 Å². The van der Waals surface area contributed by atoms with E-state index in [4.69, 9.17) is 4.74 Å². The molecule has 3 aliphatic heterocycles. The van der Waals surface area contributed by atoms with Gasteiger partial charge in [0.2, 0.25) is 0 Å². The molecule has 2 bridgehead atoms. The topological polar surface area (TPSA) is 32.8 Å². The minimum atomic E-state index is 0.0891. The lowest BCUT2D eigenvalue weighted by Gasteiger charge is -2.41. The molecule has 2 fully saturated rings. The number of carbonyl (C=O) groups excluding carboxylic acids is 1. The molecule has 1 amide bonds. The number of carbonyl (C=O) groups is 1. The molecule has 154 valence electrons. The van der Waals surface area contributed by atoms with Crippen molar-refractivity contribution in [3.63, 3.8) is 0 Å².